The third-order valence-corrected chi connectivity index (χ3v) is 2.59. The molecular weight excluding hydrogens is 282 g/mol. The zero-order chi connectivity index (χ0) is 10.9. The van der Waals surface area contributed by atoms with Crippen LogP contribution in [0.15, 0.2) is 12.1 Å². The summed E-state index contributed by atoms with van der Waals surface area (Å²) in [6.45, 7) is 0. The molecule has 1 aromatic rings. The van der Waals surface area contributed by atoms with E-state index in [0.29, 0.717) is 10.9 Å². The molecule has 0 heterocycles. The van der Waals surface area contributed by atoms with Crippen LogP contribution in [0.3, 0.4) is 0 Å². The van der Waals surface area contributed by atoms with Gasteiger partial charge in [-0.05, 0) is 12.1 Å². The Bertz CT molecular complexity index is 328. The summed E-state index contributed by atoms with van der Waals surface area (Å²) in [6.07, 6.45) is -4.41. The SMILES string of the molecule is Nc1cc(C(F)(F)F)cc(Cl)c1CBr. The zero-order valence-corrected chi connectivity index (χ0v) is 9.17. The minimum absolute atomic E-state index is 0.0224. The number of nitrogen functional groups attached to an aromatic ring is 1. The fourth-order valence-electron chi connectivity index (χ4n) is 0.962. The third kappa shape index (κ3) is 2.33. The number of halogens is 5. The summed E-state index contributed by atoms with van der Waals surface area (Å²) in [5, 5.41) is 0.352. The standard InChI is InChI=1S/C8H6BrClF3N/c9-3-5-6(10)1-4(2-7(5)14)8(11,12)13/h1-2H,3,14H2. The first-order valence-corrected chi connectivity index (χ1v) is 5.07. The molecule has 0 fully saturated rings. The Labute approximate surface area is 92.2 Å². The summed E-state index contributed by atoms with van der Waals surface area (Å²) in [4.78, 5) is 0. The number of anilines is 1. The molecule has 0 aliphatic rings. The molecule has 1 nitrogen and oxygen atoms in total. The number of alkyl halides is 4. The molecule has 2 N–H and O–H groups in total. The Morgan fingerprint density at radius 1 is 1.36 bits per heavy atom. The summed E-state index contributed by atoms with van der Waals surface area (Å²) in [6, 6.07) is 1.75. The van der Waals surface area contributed by atoms with Gasteiger partial charge in [-0.2, -0.15) is 13.2 Å². The maximum Gasteiger partial charge on any atom is 0.416 e. The van der Waals surface area contributed by atoms with Crippen LogP contribution in [0, 0.1) is 0 Å². The molecule has 0 aliphatic carbocycles. The largest absolute Gasteiger partial charge is 0.416 e. The lowest BCUT2D eigenvalue weighted by Gasteiger charge is -2.11. The summed E-state index contributed by atoms with van der Waals surface area (Å²) in [7, 11) is 0. The number of benzene rings is 1. The highest BCUT2D eigenvalue weighted by atomic mass is 79.9. The molecule has 0 spiro atoms. The molecule has 1 rings (SSSR count). The van der Waals surface area contributed by atoms with E-state index in [1.54, 1.807) is 0 Å². The van der Waals surface area contributed by atoms with Gasteiger partial charge in [0, 0.05) is 21.6 Å². The predicted octanol–water partition coefficient (Wildman–Crippen LogP) is 3.84. The highest BCUT2D eigenvalue weighted by Crippen LogP contribution is 2.35. The third-order valence-electron chi connectivity index (χ3n) is 1.69. The molecule has 0 saturated carbocycles. The van der Waals surface area contributed by atoms with Crippen molar-refractivity contribution in [3.8, 4) is 0 Å². The fraction of sp³-hybridized carbons (Fsp3) is 0.250. The van der Waals surface area contributed by atoms with Crippen molar-refractivity contribution in [1.82, 2.24) is 0 Å². The molecular formula is C8H6BrClF3N. The van der Waals surface area contributed by atoms with Crippen LogP contribution in [0.2, 0.25) is 5.02 Å². The van der Waals surface area contributed by atoms with Crippen molar-refractivity contribution in [3.05, 3.63) is 28.3 Å². The number of hydrogen-bond acceptors (Lipinski definition) is 1. The molecule has 0 bridgehead atoms. The smallest absolute Gasteiger partial charge is 0.398 e. The highest BCUT2D eigenvalue weighted by Gasteiger charge is 2.31. The summed E-state index contributed by atoms with van der Waals surface area (Å²) in [5.41, 5.74) is 5.10. The van der Waals surface area contributed by atoms with Crippen molar-refractivity contribution in [2.24, 2.45) is 0 Å². The summed E-state index contributed by atoms with van der Waals surface area (Å²) >= 11 is 8.72. The van der Waals surface area contributed by atoms with Gasteiger partial charge in [0.15, 0.2) is 0 Å². The quantitative estimate of drug-likeness (QED) is 0.617. The number of hydrogen-bond donors (Lipinski definition) is 1. The Morgan fingerprint density at radius 3 is 2.29 bits per heavy atom. The lowest BCUT2D eigenvalue weighted by molar-refractivity contribution is -0.137. The molecule has 0 radical (unpaired) electrons. The van der Waals surface area contributed by atoms with Crippen molar-refractivity contribution in [2.45, 2.75) is 11.5 Å². The van der Waals surface area contributed by atoms with Crippen LogP contribution in [0.5, 0.6) is 0 Å². The maximum absolute atomic E-state index is 12.3. The van der Waals surface area contributed by atoms with Crippen molar-refractivity contribution in [3.63, 3.8) is 0 Å². The molecule has 1 aromatic carbocycles. The van der Waals surface area contributed by atoms with Crippen LogP contribution in [-0.2, 0) is 11.5 Å². The molecule has 0 amide bonds. The molecule has 0 unspecified atom stereocenters. The van der Waals surface area contributed by atoms with Crippen LogP contribution in [0.1, 0.15) is 11.1 Å². The predicted molar refractivity (Wildman–Crippen MR) is 53.5 cm³/mol. The fourth-order valence-corrected chi connectivity index (χ4v) is 2.04. The second-order valence-corrected chi connectivity index (χ2v) is 3.63. The Morgan fingerprint density at radius 2 is 1.93 bits per heavy atom. The van der Waals surface area contributed by atoms with Crippen molar-refractivity contribution < 1.29 is 13.2 Å². The van der Waals surface area contributed by atoms with E-state index in [4.69, 9.17) is 17.3 Å². The van der Waals surface area contributed by atoms with E-state index in [0.717, 1.165) is 12.1 Å². The molecule has 0 aromatic heterocycles. The van der Waals surface area contributed by atoms with E-state index in [1.165, 1.54) is 0 Å². The minimum atomic E-state index is -4.41. The van der Waals surface area contributed by atoms with E-state index >= 15 is 0 Å². The van der Waals surface area contributed by atoms with Crippen LogP contribution >= 0.6 is 27.5 Å². The van der Waals surface area contributed by atoms with E-state index in [9.17, 15) is 13.2 Å². The zero-order valence-electron chi connectivity index (χ0n) is 6.83. The molecule has 6 heteroatoms. The summed E-state index contributed by atoms with van der Waals surface area (Å²) < 4.78 is 36.8. The van der Waals surface area contributed by atoms with Crippen LogP contribution in [0.25, 0.3) is 0 Å². The highest BCUT2D eigenvalue weighted by molar-refractivity contribution is 9.08. The normalized spacial score (nSPS) is 11.8. The molecule has 0 saturated heterocycles. The van der Waals surface area contributed by atoms with E-state index in [2.05, 4.69) is 15.9 Å². The second-order valence-electron chi connectivity index (χ2n) is 2.66. The molecule has 14 heavy (non-hydrogen) atoms. The summed E-state index contributed by atoms with van der Waals surface area (Å²) in [5.74, 6) is 0. The molecule has 0 aliphatic heterocycles. The second kappa shape index (κ2) is 3.98. The lowest BCUT2D eigenvalue weighted by Crippen LogP contribution is -2.07. The Hall–Kier alpha value is -0.420. The minimum Gasteiger partial charge on any atom is -0.398 e. The average molecular weight is 288 g/mol. The van der Waals surface area contributed by atoms with Gasteiger partial charge in [0.25, 0.3) is 0 Å². The maximum atomic E-state index is 12.3. The lowest BCUT2D eigenvalue weighted by atomic mass is 10.1. The van der Waals surface area contributed by atoms with Gasteiger partial charge in [0.05, 0.1) is 5.56 Å². The van der Waals surface area contributed by atoms with Crippen molar-refractivity contribution in [2.75, 3.05) is 5.73 Å². The van der Waals surface area contributed by atoms with E-state index in [1.807, 2.05) is 0 Å². The topological polar surface area (TPSA) is 26.0 Å². The van der Waals surface area contributed by atoms with Gasteiger partial charge in [-0.25, -0.2) is 0 Å². The first kappa shape index (κ1) is 11.7. The van der Waals surface area contributed by atoms with E-state index in [-0.39, 0.29) is 10.7 Å². The van der Waals surface area contributed by atoms with Gasteiger partial charge in [-0.3, -0.25) is 0 Å². The van der Waals surface area contributed by atoms with Gasteiger partial charge in [-0.1, -0.05) is 27.5 Å². The van der Waals surface area contributed by atoms with Crippen molar-refractivity contribution in [1.29, 1.82) is 0 Å². The van der Waals surface area contributed by atoms with Gasteiger partial charge in [-0.15, -0.1) is 0 Å². The van der Waals surface area contributed by atoms with Crippen LogP contribution < -0.4 is 5.73 Å². The van der Waals surface area contributed by atoms with Gasteiger partial charge in [0.2, 0.25) is 0 Å². The van der Waals surface area contributed by atoms with Gasteiger partial charge >= 0.3 is 6.18 Å². The van der Waals surface area contributed by atoms with Crippen LogP contribution in [0.4, 0.5) is 18.9 Å². The molecule has 0 atom stereocenters. The first-order valence-electron chi connectivity index (χ1n) is 3.57. The Kier molecular flexibility index (Phi) is 3.32. The van der Waals surface area contributed by atoms with Crippen molar-refractivity contribution >= 4 is 33.2 Å². The van der Waals surface area contributed by atoms with Gasteiger partial charge in [0.1, 0.15) is 0 Å². The monoisotopic (exact) mass is 287 g/mol. The Balaban J connectivity index is 3.28. The first-order chi connectivity index (χ1) is 6.36. The number of nitrogens with two attached hydrogens (primary N) is 1. The molecule has 78 valence electrons. The number of rotatable bonds is 1. The van der Waals surface area contributed by atoms with Crippen LogP contribution in [-0.4, -0.2) is 0 Å². The average Bonchev–Trinajstić information content (AvgIpc) is 2.01. The van der Waals surface area contributed by atoms with E-state index < -0.39 is 11.7 Å². The van der Waals surface area contributed by atoms with Gasteiger partial charge < -0.3 is 5.73 Å².